The van der Waals surface area contributed by atoms with Crippen molar-refractivity contribution in [2.24, 2.45) is 0 Å². The fourth-order valence-electron chi connectivity index (χ4n) is 18.5. The van der Waals surface area contributed by atoms with Crippen molar-refractivity contribution in [1.82, 2.24) is 0 Å². The van der Waals surface area contributed by atoms with Crippen molar-refractivity contribution in [2.45, 2.75) is 0 Å². The quantitative estimate of drug-likeness (QED) is 0.143. The van der Waals surface area contributed by atoms with E-state index in [-0.39, 0.29) is 40.3 Å². The highest BCUT2D eigenvalue weighted by molar-refractivity contribution is 7.19. The lowest BCUT2D eigenvalue weighted by Gasteiger charge is -2.40. The van der Waals surface area contributed by atoms with Gasteiger partial charge in [0.25, 0.3) is 0 Å². The van der Waals surface area contributed by atoms with E-state index in [0.29, 0.717) is 0 Å². The Hall–Kier alpha value is -11.7. The van der Waals surface area contributed by atoms with Crippen LogP contribution in [0.3, 0.4) is 0 Å². The Morgan fingerprint density at radius 3 is 0.704 bits per heavy atom. The first-order valence-corrected chi connectivity index (χ1v) is 34.6. The normalized spacial score (nSPS) is 13.2. The van der Waals surface area contributed by atoms with Crippen molar-refractivity contribution in [3.05, 3.63) is 340 Å². The molecule has 98 heavy (non-hydrogen) atoms. The molecule has 0 bridgehead atoms. The average molecular weight is 1230 g/mol. The Labute approximate surface area is 571 Å². The number of furan rings is 2. The molecular weight excluding hydrogens is 1180 g/mol. The molecule has 21 rings (SSSR count). The van der Waals surface area contributed by atoms with Crippen molar-refractivity contribution in [2.75, 3.05) is 0 Å². The van der Waals surface area contributed by atoms with Crippen LogP contribution in [0.1, 0.15) is 0 Å². The standard InChI is InChI=1S/C90H56B6O2/c1-5-25-63(26-6-1)91-69-35-15-19-39-73(69)95-74-40-20-16-36-70(74)92(64-27-7-2-8-28-64)78-54-61(53-77(91)87(78)95)57-45-49-59(50-46-57)83-85-67-33-13-23-43-81(67)98-90(85)84(86-68-34-14-24-44-82(68)97-89(83)86)60-51-47-58(48-52-60)62-55-79-88-80(56-62)94(66-31-11-4-12-32-66)72-38-18-22-42-76(72)96(88)75-41-21-17-37-71(75)93(79)65-29-9-3-10-30-65/h1-56H. The molecule has 0 N–H and O–H groups in total. The lowest BCUT2D eigenvalue weighted by Crippen LogP contribution is -2.84. The molecule has 0 saturated heterocycles. The Morgan fingerprint density at radius 1 is 0.184 bits per heavy atom. The zero-order valence-electron chi connectivity index (χ0n) is 53.6. The van der Waals surface area contributed by atoms with E-state index in [1.165, 1.54) is 109 Å². The van der Waals surface area contributed by atoms with Crippen molar-refractivity contribution in [1.29, 1.82) is 0 Å². The van der Waals surface area contributed by atoms with E-state index >= 15 is 0 Å². The monoisotopic (exact) mass is 1230 g/mol. The zero-order chi connectivity index (χ0) is 64.1. The van der Waals surface area contributed by atoms with Gasteiger partial charge < -0.3 is 8.83 Å². The van der Waals surface area contributed by atoms with Crippen LogP contribution in [0.25, 0.3) is 88.4 Å². The maximum absolute atomic E-state index is 7.30. The summed E-state index contributed by atoms with van der Waals surface area (Å²) in [6.45, 7) is 0.435. The van der Waals surface area contributed by atoms with E-state index in [4.69, 9.17) is 8.83 Å². The highest BCUT2D eigenvalue weighted by atomic mass is 16.3. The molecule has 0 saturated carbocycles. The fraction of sp³-hybridized carbons (Fsp3) is 0. The van der Waals surface area contributed by atoms with Gasteiger partial charge in [-0.1, -0.05) is 426 Å². The Kier molecular flexibility index (Phi) is 12.4. The molecule has 6 heterocycles. The molecule has 446 valence electrons. The van der Waals surface area contributed by atoms with Gasteiger partial charge in [0.05, 0.1) is 0 Å². The number of para-hydroxylation sites is 2. The van der Waals surface area contributed by atoms with Crippen LogP contribution >= 0.6 is 0 Å². The van der Waals surface area contributed by atoms with Gasteiger partial charge in [0.1, 0.15) is 22.3 Å². The first-order chi connectivity index (χ1) is 48.7. The summed E-state index contributed by atoms with van der Waals surface area (Å²) in [5, 5.41) is 4.18. The summed E-state index contributed by atoms with van der Waals surface area (Å²) >= 11 is 0. The maximum atomic E-state index is 7.30. The first kappa shape index (κ1) is 55.6. The number of fused-ring (bicyclic) bond motifs is 14. The number of benzene rings is 15. The molecule has 4 aliphatic heterocycles. The molecule has 0 atom stereocenters. The molecule has 2 aromatic heterocycles. The van der Waals surface area contributed by atoms with E-state index in [0.717, 1.165) is 77.3 Å². The SMILES string of the molecule is c1ccc(B2c3ccccc3B3c4ccccc4B(c4ccccc4)c4cc(-c5ccc(-c6c7oc8ccccc8c7c(-c7ccc(-c8cc9c%10c(c8)B(c8ccccc8)c8ccccc8B%10c8ccccc8B9c8ccccc8)cc7)c7oc8ccccc8c67)cc5)cc2c43)cc1. The Balaban J connectivity index is 0.740. The third-order valence-electron chi connectivity index (χ3n) is 22.5. The van der Waals surface area contributed by atoms with Gasteiger partial charge in [-0.15, -0.1) is 0 Å². The van der Waals surface area contributed by atoms with Crippen molar-refractivity contribution >= 4 is 182 Å². The van der Waals surface area contributed by atoms with Gasteiger partial charge in [-0.25, -0.2) is 0 Å². The van der Waals surface area contributed by atoms with Gasteiger partial charge >= 0.3 is 0 Å². The summed E-state index contributed by atoms with van der Waals surface area (Å²) in [5.41, 5.74) is 37.0. The minimum Gasteiger partial charge on any atom is -0.455 e. The topological polar surface area (TPSA) is 26.3 Å². The van der Waals surface area contributed by atoms with Crippen molar-refractivity contribution in [3.8, 4) is 44.5 Å². The lowest BCUT2D eigenvalue weighted by atomic mass is 9.14. The van der Waals surface area contributed by atoms with Crippen molar-refractivity contribution < 1.29 is 8.83 Å². The molecule has 0 spiro atoms. The Bertz CT molecular complexity index is 5490. The summed E-state index contributed by atoms with van der Waals surface area (Å²) in [6.07, 6.45) is 0. The van der Waals surface area contributed by atoms with Crippen LogP contribution < -0.4 is 98.3 Å². The van der Waals surface area contributed by atoms with Gasteiger partial charge in [0, 0.05) is 32.7 Å². The van der Waals surface area contributed by atoms with E-state index in [1.54, 1.807) is 0 Å². The second-order valence-corrected chi connectivity index (χ2v) is 27.4. The summed E-state index contributed by atoms with van der Waals surface area (Å²) in [7, 11) is 0. The summed E-state index contributed by atoms with van der Waals surface area (Å²) in [6, 6.07) is 127. The molecule has 0 aliphatic carbocycles. The van der Waals surface area contributed by atoms with Crippen LogP contribution in [0.15, 0.2) is 349 Å². The predicted molar refractivity (Wildman–Crippen MR) is 422 cm³/mol. The van der Waals surface area contributed by atoms with E-state index < -0.39 is 0 Å². The maximum Gasteiger partial charge on any atom is 0.240 e. The van der Waals surface area contributed by atoms with Crippen LogP contribution in [-0.4, -0.2) is 40.3 Å². The van der Waals surface area contributed by atoms with Gasteiger partial charge in [-0.3, -0.25) is 0 Å². The largest absolute Gasteiger partial charge is 0.455 e. The average Bonchev–Trinajstić information content (AvgIpc) is 0.863. The van der Waals surface area contributed by atoms with E-state index in [2.05, 4.69) is 340 Å². The molecule has 15 aromatic carbocycles. The number of hydrogen-bond acceptors (Lipinski definition) is 2. The molecule has 0 amide bonds. The molecule has 0 fully saturated rings. The van der Waals surface area contributed by atoms with Gasteiger partial charge in [0.15, 0.2) is 0 Å². The van der Waals surface area contributed by atoms with Crippen LogP contribution in [0.2, 0.25) is 0 Å². The van der Waals surface area contributed by atoms with Gasteiger partial charge in [-0.05, 0) is 45.5 Å². The van der Waals surface area contributed by atoms with E-state index in [9.17, 15) is 0 Å². The number of rotatable bonds is 8. The van der Waals surface area contributed by atoms with Gasteiger partial charge in [0.2, 0.25) is 40.3 Å². The highest BCUT2D eigenvalue weighted by Gasteiger charge is 2.48. The van der Waals surface area contributed by atoms with Gasteiger partial charge in [-0.2, -0.15) is 0 Å². The second kappa shape index (κ2) is 21.9. The third kappa shape index (κ3) is 8.25. The summed E-state index contributed by atoms with van der Waals surface area (Å²) in [5.74, 6) is 0. The molecule has 0 unspecified atom stereocenters. The minimum atomic E-state index is 0.0544. The highest BCUT2D eigenvalue weighted by Crippen LogP contribution is 2.51. The van der Waals surface area contributed by atoms with E-state index in [1.807, 2.05) is 0 Å². The molecular formula is C90H56B6O2. The van der Waals surface area contributed by atoms with Crippen LogP contribution in [-0.2, 0) is 0 Å². The Morgan fingerprint density at radius 2 is 0.418 bits per heavy atom. The zero-order valence-corrected chi connectivity index (χ0v) is 53.6. The van der Waals surface area contributed by atoms with Crippen molar-refractivity contribution in [3.63, 3.8) is 0 Å². The smallest absolute Gasteiger partial charge is 0.240 e. The molecule has 0 radical (unpaired) electrons. The fourth-order valence-corrected chi connectivity index (χ4v) is 18.5. The second-order valence-electron chi connectivity index (χ2n) is 27.4. The minimum absolute atomic E-state index is 0.0544. The lowest BCUT2D eigenvalue weighted by molar-refractivity contribution is 0.665. The molecule has 4 aliphatic rings. The summed E-state index contributed by atoms with van der Waals surface area (Å²) in [4.78, 5) is 0. The molecule has 17 aromatic rings. The third-order valence-corrected chi connectivity index (χ3v) is 22.5. The number of hydrogen-bond donors (Lipinski definition) is 0. The predicted octanol–water partition coefficient (Wildman–Crippen LogP) is 8.50. The van der Waals surface area contributed by atoms with Crippen LogP contribution in [0.4, 0.5) is 0 Å². The van der Waals surface area contributed by atoms with Crippen LogP contribution in [0.5, 0.6) is 0 Å². The summed E-state index contributed by atoms with van der Waals surface area (Å²) < 4.78 is 14.6. The first-order valence-electron chi connectivity index (χ1n) is 34.6. The molecule has 8 heteroatoms. The molecule has 2 nitrogen and oxygen atoms in total. The van der Waals surface area contributed by atoms with Crippen LogP contribution in [0, 0.1) is 0 Å².